The van der Waals surface area contributed by atoms with Crippen molar-refractivity contribution in [2.24, 2.45) is 13.0 Å². The van der Waals surface area contributed by atoms with Gasteiger partial charge in [-0.05, 0) is 23.3 Å². The first-order valence-corrected chi connectivity index (χ1v) is 18.2. The summed E-state index contributed by atoms with van der Waals surface area (Å²) in [5.74, 6) is -1.48. The number of nitrogens with zero attached hydrogens (tertiary/aromatic N) is 6. The Kier molecular flexibility index (Phi) is 9.14. The van der Waals surface area contributed by atoms with E-state index in [0.29, 0.717) is 33.7 Å². The second-order valence-electron chi connectivity index (χ2n) is 12.9. The number of phenols is 1. The first-order chi connectivity index (χ1) is 25.2. The van der Waals surface area contributed by atoms with Crippen LogP contribution in [0, 0.1) is 5.92 Å². The number of aromatic hydroxyl groups is 1. The quantitative estimate of drug-likeness (QED) is 0.115. The Hall–Kier alpha value is -4.80. The number of fused-ring (bicyclic) bond motifs is 5. The van der Waals surface area contributed by atoms with Crippen molar-refractivity contribution >= 4 is 68.1 Å². The molecule has 1 aliphatic carbocycles. The largest absolute Gasteiger partial charge is 0.504 e. The molecule has 15 nitrogen and oxygen atoms in total. The smallest absolute Gasteiger partial charge is 0.347 e. The average molecular weight is 832 g/mol. The summed E-state index contributed by atoms with van der Waals surface area (Å²) in [6.45, 7) is -0.228. The number of carbonyl (C=O) groups excluding carboxylic acids is 2. The lowest BCUT2D eigenvalue weighted by Gasteiger charge is -2.47. The zero-order chi connectivity index (χ0) is 38.1. The van der Waals surface area contributed by atoms with Gasteiger partial charge < -0.3 is 23.9 Å². The van der Waals surface area contributed by atoms with Gasteiger partial charge in [-0.25, -0.2) is 28.5 Å². The van der Waals surface area contributed by atoms with E-state index in [-0.39, 0.29) is 48.6 Å². The van der Waals surface area contributed by atoms with Crippen molar-refractivity contribution in [3.63, 3.8) is 0 Å². The number of methoxy groups -OCH3 is 3. The van der Waals surface area contributed by atoms with Crippen molar-refractivity contribution in [1.29, 1.82) is 0 Å². The summed E-state index contributed by atoms with van der Waals surface area (Å²) in [5.41, 5.74) is 0.262. The van der Waals surface area contributed by atoms with Crippen LogP contribution in [0.5, 0.6) is 23.0 Å². The number of likely N-dealkylation sites (tertiary alicyclic amines) is 1. The maximum atomic E-state index is 14.2. The summed E-state index contributed by atoms with van der Waals surface area (Å²) in [6.07, 6.45) is 4.69. The molecule has 2 aliphatic heterocycles. The second kappa shape index (κ2) is 13.2. The van der Waals surface area contributed by atoms with Crippen molar-refractivity contribution in [2.75, 3.05) is 26.8 Å². The summed E-state index contributed by atoms with van der Waals surface area (Å²) in [6, 6.07) is 6.98. The number of alkyl halides is 3. The molecule has 4 atom stereocenters. The fraction of sp³-hybridized carbons (Fsp3) is 0.371. The van der Waals surface area contributed by atoms with Gasteiger partial charge >= 0.3 is 11.4 Å². The highest BCUT2D eigenvalue weighted by atomic mass is 79.9. The molecular formula is C35H33BrCl2N6O9. The van der Waals surface area contributed by atoms with E-state index in [1.54, 1.807) is 49.5 Å². The third-order valence-electron chi connectivity index (χ3n) is 10.3. The fourth-order valence-corrected chi connectivity index (χ4v) is 8.96. The number of benzene rings is 2. The maximum absolute atomic E-state index is 14.2. The van der Waals surface area contributed by atoms with Crippen molar-refractivity contribution in [2.45, 2.75) is 41.7 Å². The van der Waals surface area contributed by atoms with E-state index in [2.05, 4.69) is 20.9 Å². The number of imide groups is 1. The number of amides is 2. The van der Waals surface area contributed by atoms with E-state index in [0.717, 1.165) is 9.47 Å². The Morgan fingerprint density at radius 2 is 1.68 bits per heavy atom. The van der Waals surface area contributed by atoms with E-state index in [4.69, 9.17) is 37.4 Å². The van der Waals surface area contributed by atoms with E-state index in [1.807, 2.05) is 0 Å². The minimum absolute atomic E-state index is 0.0472. The number of allylic oxidation sites excluding steroid dienone is 3. The topological polar surface area (TPSA) is 169 Å². The van der Waals surface area contributed by atoms with E-state index >= 15 is 0 Å². The molecule has 1 saturated heterocycles. The van der Waals surface area contributed by atoms with E-state index in [9.17, 15) is 29.1 Å². The molecular weight excluding hydrogens is 799 g/mol. The second-order valence-corrected chi connectivity index (χ2v) is 14.6. The Bertz CT molecular complexity index is 2470. The molecule has 2 aromatic heterocycles. The summed E-state index contributed by atoms with van der Waals surface area (Å²) < 4.78 is 20.9. The molecule has 278 valence electrons. The molecule has 4 heterocycles. The summed E-state index contributed by atoms with van der Waals surface area (Å²) >= 11 is 17.6. The van der Waals surface area contributed by atoms with Crippen LogP contribution in [0.25, 0.3) is 17.1 Å². The van der Waals surface area contributed by atoms with Crippen molar-refractivity contribution in [3.05, 3.63) is 90.6 Å². The lowest BCUT2D eigenvalue weighted by atomic mass is 9.66. The molecule has 53 heavy (non-hydrogen) atoms. The Balaban J connectivity index is 1.29. The number of aromatic nitrogens is 5. The van der Waals surface area contributed by atoms with Gasteiger partial charge in [0.2, 0.25) is 0 Å². The highest BCUT2D eigenvalue weighted by Crippen LogP contribution is 2.60. The van der Waals surface area contributed by atoms with Crippen LogP contribution in [-0.2, 0) is 36.1 Å². The number of aryl methyl sites for hydroxylation is 2. The molecule has 2 amide bonds. The number of phenolic OH excluding ortho intramolecular Hbond substituents is 1. The van der Waals surface area contributed by atoms with Crippen LogP contribution < -0.4 is 31.1 Å². The molecule has 0 bridgehead atoms. The number of rotatable bonds is 9. The normalized spacial score (nSPS) is 23.6. The molecule has 0 radical (unpaired) electrons. The number of halogens is 3. The average Bonchev–Trinajstić information content (AvgIpc) is 3.48. The van der Waals surface area contributed by atoms with Crippen LogP contribution in [-0.4, -0.2) is 81.8 Å². The molecule has 2 aromatic carbocycles. The SMILES string of the molecule is COc1cc(C=CC2C3=CCn4c(=O)n(CCc5nc6cc(OC)c(OC)cc6n(C)c5=O)c(=O)n4C3CC3(Cl)C(=O)N(CBr)C(=O)C23Cl)ccc1O. The first kappa shape index (κ1) is 36.6. The molecule has 1 N–H and O–H groups in total. The predicted molar refractivity (Wildman–Crippen MR) is 198 cm³/mol. The van der Waals surface area contributed by atoms with Gasteiger partial charge in [0, 0.05) is 44.5 Å². The predicted octanol–water partition coefficient (Wildman–Crippen LogP) is 2.92. The van der Waals surface area contributed by atoms with E-state index < -0.39 is 50.5 Å². The Morgan fingerprint density at radius 1 is 0.981 bits per heavy atom. The molecule has 4 unspecified atom stereocenters. The van der Waals surface area contributed by atoms with Crippen molar-refractivity contribution < 1.29 is 28.9 Å². The van der Waals surface area contributed by atoms with Gasteiger partial charge in [-0.2, -0.15) is 0 Å². The molecule has 7 rings (SSSR count). The third kappa shape index (κ3) is 5.28. The van der Waals surface area contributed by atoms with Crippen molar-refractivity contribution in [1.82, 2.24) is 28.4 Å². The van der Waals surface area contributed by atoms with E-state index in [1.165, 1.54) is 41.3 Å². The fourth-order valence-electron chi connectivity index (χ4n) is 7.60. The van der Waals surface area contributed by atoms with Gasteiger partial charge in [-0.15, -0.1) is 23.2 Å². The van der Waals surface area contributed by atoms with Gasteiger partial charge in [0.1, 0.15) is 5.69 Å². The lowest BCUT2D eigenvalue weighted by molar-refractivity contribution is -0.138. The Labute approximate surface area is 319 Å². The summed E-state index contributed by atoms with van der Waals surface area (Å²) in [5, 5.41) is 10.1. The van der Waals surface area contributed by atoms with Gasteiger partial charge in [0.25, 0.3) is 17.4 Å². The number of ether oxygens (including phenoxy) is 3. The highest BCUT2D eigenvalue weighted by Gasteiger charge is 2.74. The number of carbonyl (C=O) groups is 2. The standard InChI is InChI=1S/C35H33BrCl2N6O9/c1-40-23-15-28(53-4)27(52-3)14-22(23)39-21(29(40)46)10-11-41-32(49)43-12-9-19-20(7-5-18-6-8-25(45)26(13-18)51-2)35(38)31(48)42(17-36)30(47)34(35,37)16-24(19)44(43)33(41)50/h5-9,13-15,20,24,45H,10-12,16-17H2,1-4H3. The molecule has 1 saturated carbocycles. The summed E-state index contributed by atoms with van der Waals surface area (Å²) in [4.78, 5) is 70.6. The molecule has 2 fully saturated rings. The van der Waals surface area contributed by atoms with Crippen LogP contribution in [0.1, 0.15) is 23.7 Å². The lowest BCUT2D eigenvalue weighted by Crippen LogP contribution is -2.60. The van der Waals surface area contributed by atoms with Crippen LogP contribution in [0.2, 0.25) is 0 Å². The van der Waals surface area contributed by atoms with Crippen LogP contribution in [0.3, 0.4) is 0 Å². The van der Waals surface area contributed by atoms with Gasteiger partial charge in [0.05, 0.1) is 50.4 Å². The minimum atomic E-state index is -2.01. The van der Waals surface area contributed by atoms with Crippen molar-refractivity contribution in [3.8, 4) is 23.0 Å². The van der Waals surface area contributed by atoms with Gasteiger partial charge in [0.15, 0.2) is 32.7 Å². The third-order valence-corrected chi connectivity index (χ3v) is 12.3. The van der Waals surface area contributed by atoms with Gasteiger partial charge in [-0.3, -0.25) is 19.3 Å². The first-order valence-electron chi connectivity index (χ1n) is 16.3. The van der Waals surface area contributed by atoms with Crippen LogP contribution in [0.4, 0.5) is 0 Å². The Morgan fingerprint density at radius 3 is 2.36 bits per heavy atom. The summed E-state index contributed by atoms with van der Waals surface area (Å²) in [7, 11) is 5.96. The number of hydrogen-bond acceptors (Lipinski definition) is 10. The van der Waals surface area contributed by atoms with Crippen LogP contribution in [0.15, 0.2) is 62.4 Å². The highest BCUT2D eigenvalue weighted by molar-refractivity contribution is 9.09. The maximum Gasteiger partial charge on any atom is 0.347 e. The molecule has 0 spiro atoms. The zero-order valence-corrected chi connectivity index (χ0v) is 31.9. The molecule has 3 aliphatic rings. The zero-order valence-electron chi connectivity index (χ0n) is 28.8. The molecule has 18 heteroatoms. The monoisotopic (exact) mass is 830 g/mol. The van der Waals surface area contributed by atoms with Crippen LogP contribution >= 0.6 is 39.1 Å². The van der Waals surface area contributed by atoms with Gasteiger partial charge in [-0.1, -0.05) is 40.2 Å². The molecule has 4 aromatic rings. The number of hydrogen-bond donors (Lipinski definition) is 1. The minimum Gasteiger partial charge on any atom is -0.504 e.